The lowest BCUT2D eigenvalue weighted by Crippen LogP contribution is -2.51. The monoisotopic (exact) mass is 525 g/mol. The van der Waals surface area contributed by atoms with Crippen LogP contribution in [0.1, 0.15) is 65.8 Å². The number of nitrogens with zero attached hydrogens (tertiary/aromatic N) is 3. The number of hydrogen-bond donors (Lipinski definition) is 0. The molecule has 1 aliphatic carbocycles. The van der Waals surface area contributed by atoms with Gasteiger partial charge in [0.25, 0.3) is 0 Å². The summed E-state index contributed by atoms with van der Waals surface area (Å²) in [7, 11) is 1.60. The van der Waals surface area contributed by atoms with Crippen LogP contribution in [0, 0.1) is 5.41 Å². The van der Waals surface area contributed by atoms with Gasteiger partial charge in [0.15, 0.2) is 0 Å². The molecule has 37 heavy (non-hydrogen) atoms. The highest BCUT2D eigenvalue weighted by Gasteiger charge is 2.28. The quantitative estimate of drug-likeness (QED) is 0.383. The van der Waals surface area contributed by atoms with Gasteiger partial charge in [-0.15, -0.1) is 0 Å². The van der Waals surface area contributed by atoms with E-state index < -0.39 is 0 Å². The standard InChI is InChI=1S/C23H27N3O.C6H16S.C3H8/c1-15(23(2,3)4)19-9-10-20-22(19)25-21(12-24-20)16-7-6-8-17(11-16)26-13-18(14-26)27-5;1-5-6-7(2,3)4;1-3-2/h6-9,11-12,18H,1,10,13-14H2,2-5H3;5-6H2,1-4H3;3H2,1-2H3. The second-order valence-electron chi connectivity index (χ2n) is 11.9. The van der Waals surface area contributed by atoms with E-state index in [4.69, 9.17) is 14.7 Å². The lowest BCUT2D eigenvalue weighted by Gasteiger charge is -2.40. The molecule has 0 N–H and O–H groups in total. The van der Waals surface area contributed by atoms with Crippen molar-refractivity contribution in [2.45, 2.75) is 66.9 Å². The van der Waals surface area contributed by atoms with Crippen molar-refractivity contribution in [3.05, 3.63) is 60.1 Å². The Kier molecular flexibility index (Phi) is 11.4. The molecule has 0 spiro atoms. The molecular formula is C32H51N3OS. The third kappa shape index (κ3) is 9.00. The van der Waals surface area contributed by atoms with E-state index in [2.05, 4.69) is 102 Å². The van der Waals surface area contributed by atoms with Crippen LogP contribution < -0.4 is 4.90 Å². The molecular weight excluding hydrogens is 474 g/mol. The van der Waals surface area contributed by atoms with E-state index >= 15 is 0 Å². The summed E-state index contributed by atoms with van der Waals surface area (Å²) >= 11 is 0. The zero-order chi connectivity index (χ0) is 27.8. The Balaban J connectivity index is 0.000000413. The summed E-state index contributed by atoms with van der Waals surface area (Å²) in [4.78, 5) is 12.0. The summed E-state index contributed by atoms with van der Waals surface area (Å²) in [6.45, 7) is 19.3. The molecule has 206 valence electrons. The molecule has 5 heteroatoms. The maximum Gasteiger partial charge on any atom is 0.0927 e. The van der Waals surface area contributed by atoms with Gasteiger partial charge >= 0.3 is 0 Å². The Morgan fingerprint density at radius 2 is 1.78 bits per heavy atom. The number of fused-ring (bicyclic) bond motifs is 1. The van der Waals surface area contributed by atoms with E-state index in [1.807, 2.05) is 6.20 Å². The van der Waals surface area contributed by atoms with Crippen LogP contribution in [0.15, 0.2) is 48.7 Å². The Hall–Kier alpha value is -2.11. The third-order valence-corrected chi connectivity index (χ3v) is 7.97. The number of rotatable bonds is 6. The molecule has 0 radical (unpaired) electrons. The van der Waals surface area contributed by atoms with E-state index in [0.29, 0.717) is 6.10 Å². The van der Waals surface area contributed by atoms with Crippen LogP contribution in [0.2, 0.25) is 0 Å². The van der Waals surface area contributed by atoms with Crippen LogP contribution in [0.25, 0.3) is 16.8 Å². The van der Waals surface area contributed by atoms with Gasteiger partial charge in [-0.2, -0.15) is 0 Å². The van der Waals surface area contributed by atoms with Gasteiger partial charge in [-0.3, -0.25) is 4.98 Å². The van der Waals surface area contributed by atoms with E-state index in [1.165, 1.54) is 24.3 Å². The predicted octanol–water partition coefficient (Wildman–Crippen LogP) is 8.03. The molecule has 0 amide bonds. The first-order valence-electron chi connectivity index (χ1n) is 13.6. The van der Waals surface area contributed by atoms with Crippen molar-refractivity contribution in [3.63, 3.8) is 0 Å². The fourth-order valence-corrected chi connectivity index (χ4v) is 5.38. The SMILES string of the molecule is C=C(C1=CCc2ncc(-c3cccc(N4CC(OC)C4)c3)nc21)C(C)(C)C.CCC.CCCS(C)(C)C. The number of anilines is 1. The first kappa shape index (κ1) is 31.1. The average molecular weight is 526 g/mol. The van der Waals surface area contributed by atoms with Crippen LogP contribution in [0.4, 0.5) is 5.69 Å². The summed E-state index contributed by atoms with van der Waals surface area (Å²) in [6.07, 6.45) is 14.9. The van der Waals surface area contributed by atoms with Crippen LogP contribution in [-0.4, -0.2) is 60.8 Å². The van der Waals surface area contributed by atoms with E-state index in [9.17, 15) is 0 Å². The van der Waals surface area contributed by atoms with E-state index in [-0.39, 0.29) is 15.4 Å². The molecule has 2 aromatic rings. The van der Waals surface area contributed by atoms with Crippen molar-refractivity contribution >= 4 is 21.3 Å². The highest BCUT2D eigenvalue weighted by atomic mass is 32.3. The summed E-state index contributed by atoms with van der Waals surface area (Å²) in [5, 5.41) is 0. The van der Waals surface area contributed by atoms with Crippen molar-refractivity contribution in [2.75, 3.05) is 49.6 Å². The highest BCUT2D eigenvalue weighted by Crippen LogP contribution is 2.39. The van der Waals surface area contributed by atoms with E-state index in [1.54, 1.807) is 7.11 Å². The minimum absolute atomic E-state index is 0.0143. The molecule has 2 aliphatic rings. The van der Waals surface area contributed by atoms with Gasteiger partial charge in [0.1, 0.15) is 0 Å². The number of aromatic nitrogens is 2. The summed E-state index contributed by atoms with van der Waals surface area (Å²) in [6, 6.07) is 8.52. The van der Waals surface area contributed by atoms with Crippen molar-refractivity contribution < 1.29 is 4.74 Å². The number of hydrogen-bond acceptors (Lipinski definition) is 4. The molecule has 1 saturated heterocycles. The molecule has 0 saturated carbocycles. The summed E-state index contributed by atoms with van der Waals surface area (Å²) in [5.41, 5.74) is 7.52. The molecule has 0 bridgehead atoms. The van der Waals surface area contributed by atoms with Crippen LogP contribution in [0.5, 0.6) is 0 Å². The zero-order valence-electron chi connectivity index (χ0n) is 25.1. The molecule has 1 aliphatic heterocycles. The Bertz CT molecular complexity index is 1060. The summed E-state index contributed by atoms with van der Waals surface area (Å²) < 4.78 is 5.39. The average Bonchev–Trinajstić information content (AvgIpc) is 3.21. The maximum atomic E-state index is 5.39. The molecule has 0 atom stereocenters. The fourth-order valence-electron chi connectivity index (χ4n) is 4.16. The van der Waals surface area contributed by atoms with E-state index in [0.717, 1.165) is 53.3 Å². The van der Waals surface area contributed by atoms with Gasteiger partial charge < -0.3 is 9.64 Å². The Labute approximate surface area is 229 Å². The van der Waals surface area contributed by atoms with Gasteiger partial charge in [-0.05, 0) is 54.1 Å². The normalized spacial score (nSPS) is 15.4. The second-order valence-corrected chi connectivity index (χ2v) is 16.5. The van der Waals surface area contributed by atoms with Crippen LogP contribution in [-0.2, 0) is 11.2 Å². The number of methoxy groups -OCH3 is 1. The van der Waals surface area contributed by atoms with Crippen molar-refractivity contribution in [3.8, 4) is 11.3 Å². The molecule has 4 nitrogen and oxygen atoms in total. The fraction of sp³-hybridized carbons (Fsp3) is 0.562. The van der Waals surface area contributed by atoms with Gasteiger partial charge in [0.05, 0.1) is 29.4 Å². The molecule has 1 fully saturated rings. The molecule has 1 aromatic carbocycles. The molecule has 4 rings (SSSR count). The van der Waals surface area contributed by atoms with Crippen LogP contribution in [0.3, 0.4) is 0 Å². The maximum absolute atomic E-state index is 5.39. The van der Waals surface area contributed by atoms with Gasteiger partial charge in [0.2, 0.25) is 0 Å². The first-order chi connectivity index (χ1) is 17.3. The van der Waals surface area contributed by atoms with Crippen molar-refractivity contribution in [1.82, 2.24) is 9.97 Å². The minimum atomic E-state index is -0.174. The Morgan fingerprint density at radius 3 is 2.30 bits per heavy atom. The number of allylic oxidation sites excluding steroid dienone is 3. The lowest BCUT2D eigenvalue weighted by atomic mass is 9.82. The molecule has 0 unspecified atom stereocenters. The topological polar surface area (TPSA) is 38.2 Å². The van der Waals surface area contributed by atoms with Crippen molar-refractivity contribution in [1.29, 1.82) is 0 Å². The largest absolute Gasteiger partial charge is 0.378 e. The van der Waals surface area contributed by atoms with Crippen LogP contribution >= 0.6 is 10.0 Å². The Morgan fingerprint density at radius 1 is 1.14 bits per heavy atom. The second kappa shape index (κ2) is 13.6. The van der Waals surface area contributed by atoms with Gasteiger partial charge in [0, 0.05) is 43.4 Å². The number of benzene rings is 1. The summed E-state index contributed by atoms with van der Waals surface area (Å²) in [5.74, 6) is 1.42. The predicted molar refractivity (Wildman–Crippen MR) is 167 cm³/mol. The molecule has 1 aromatic heterocycles. The third-order valence-electron chi connectivity index (χ3n) is 6.34. The highest BCUT2D eigenvalue weighted by molar-refractivity contribution is 8.32. The zero-order valence-corrected chi connectivity index (χ0v) is 26.0. The minimum Gasteiger partial charge on any atom is -0.378 e. The smallest absolute Gasteiger partial charge is 0.0927 e. The van der Waals surface area contributed by atoms with Gasteiger partial charge in [-0.25, -0.2) is 15.0 Å². The number of ether oxygens (including phenoxy) is 1. The van der Waals surface area contributed by atoms with Gasteiger partial charge in [-0.1, -0.05) is 72.8 Å². The van der Waals surface area contributed by atoms with Crippen molar-refractivity contribution in [2.24, 2.45) is 5.41 Å². The molecule has 2 heterocycles. The first-order valence-corrected chi connectivity index (χ1v) is 16.7. The lowest BCUT2D eigenvalue weighted by molar-refractivity contribution is 0.0788.